The van der Waals surface area contributed by atoms with Crippen molar-refractivity contribution in [2.75, 3.05) is 0 Å². The molecule has 3 rings (SSSR count). The van der Waals surface area contributed by atoms with Gasteiger partial charge in [-0.25, -0.2) is 0 Å². The van der Waals surface area contributed by atoms with Gasteiger partial charge in [0, 0.05) is 15.9 Å². The molecule has 3 aromatic rings. The van der Waals surface area contributed by atoms with Crippen LogP contribution in [0.5, 0.6) is 0 Å². The van der Waals surface area contributed by atoms with Crippen molar-refractivity contribution >= 4 is 38.3 Å². The first-order chi connectivity index (χ1) is 10.1. The number of aliphatic hydroxyl groups excluding tert-OH is 1. The van der Waals surface area contributed by atoms with E-state index in [1.807, 2.05) is 54.6 Å². The van der Waals surface area contributed by atoms with Gasteiger partial charge in [0.05, 0.1) is 6.10 Å². The third kappa shape index (κ3) is 3.13. The largest absolute Gasteiger partial charge is 0.388 e. The van der Waals surface area contributed by atoms with Gasteiger partial charge in [-0.2, -0.15) is 0 Å². The van der Waals surface area contributed by atoms with Crippen molar-refractivity contribution in [1.29, 1.82) is 0 Å². The maximum Gasteiger partial charge on any atom is 0.0836 e. The molecule has 0 bridgehead atoms. The van der Waals surface area contributed by atoms with Crippen LogP contribution in [0.4, 0.5) is 0 Å². The average Bonchev–Trinajstić information content (AvgIpc) is 2.48. The maximum absolute atomic E-state index is 10.6. The topological polar surface area (TPSA) is 20.2 Å². The van der Waals surface area contributed by atoms with Crippen LogP contribution < -0.4 is 0 Å². The monoisotopic (exact) mass is 360 g/mol. The van der Waals surface area contributed by atoms with Crippen molar-refractivity contribution < 1.29 is 5.11 Å². The van der Waals surface area contributed by atoms with E-state index in [0.717, 1.165) is 26.4 Å². The van der Waals surface area contributed by atoms with Gasteiger partial charge in [-0.1, -0.05) is 70.0 Å². The van der Waals surface area contributed by atoms with Crippen LogP contribution in [-0.2, 0) is 6.42 Å². The van der Waals surface area contributed by atoms with Crippen LogP contribution >= 0.6 is 27.5 Å². The fraction of sp³-hybridized carbons (Fsp3) is 0.111. The summed E-state index contributed by atoms with van der Waals surface area (Å²) in [5.41, 5.74) is 1.97. The second kappa shape index (κ2) is 6.18. The van der Waals surface area contributed by atoms with Crippen molar-refractivity contribution in [1.82, 2.24) is 0 Å². The Morgan fingerprint density at radius 3 is 2.48 bits per heavy atom. The number of hydrogen-bond acceptors (Lipinski definition) is 1. The summed E-state index contributed by atoms with van der Waals surface area (Å²) in [5.74, 6) is 0. The highest BCUT2D eigenvalue weighted by Gasteiger charge is 2.13. The van der Waals surface area contributed by atoms with Gasteiger partial charge < -0.3 is 5.11 Å². The van der Waals surface area contributed by atoms with E-state index >= 15 is 0 Å². The molecule has 21 heavy (non-hydrogen) atoms. The smallest absolute Gasteiger partial charge is 0.0836 e. The van der Waals surface area contributed by atoms with Crippen LogP contribution in [0.15, 0.2) is 65.1 Å². The van der Waals surface area contributed by atoms with Gasteiger partial charge in [-0.15, -0.1) is 0 Å². The van der Waals surface area contributed by atoms with Crippen LogP contribution in [0.1, 0.15) is 17.2 Å². The molecule has 0 heterocycles. The van der Waals surface area contributed by atoms with Crippen molar-refractivity contribution in [3.8, 4) is 0 Å². The van der Waals surface area contributed by atoms with E-state index in [1.54, 1.807) is 0 Å². The van der Waals surface area contributed by atoms with Crippen LogP contribution in [0.25, 0.3) is 10.8 Å². The van der Waals surface area contributed by atoms with Crippen LogP contribution in [-0.4, -0.2) is 5.11 Å². The lowest BCUT2D eigenvalue weighted by Gasteiger charge is -2.15. The minimum absolute atomic E-state index is 0.548. The van der Waals surface area contributed by atoms with E-state index in [0.29, 0.717) is 11.4 Å². The van der Waals surface area contributed by atoms with E-state index in [9.17, 15) is 5.11 Å². The Morgan fingerprint density at radius 2 is 1.71 bits per heavy atom. The van der Waals surface area contributed by atoms with Crippen molar-refractivity contribution in [2.45, 2.75) is 12.5 Å². The Bertz CT molecular complexity index is 785. The third-order valence-corrected chi connectivity index (χ3v) is 4.51. The maximum atomic E-state index is 10.6. The van der Waals surface area contributed by atoms with Crippen molar-refractivity contribution in [3.05, 3.63) is 81.3 Å². The normalized spacial score (nSPS) is 12.5. The molecule has 106 valence electrons. The predicted molar refractivity (Wildman–Crippen MR) is 91.8 cm³/mol. The van der Waals surface area contributed by atoms with Gasteiger partial charge in [0.25, 0.3) is 0 Å². The molecule has 0 aliphatic carbocycles. The van der Waals surface area contributed by atoms with Crippen molar-refractivity contribution in [2.24, 2.45) is 0 Å². The first-order valence-corrected chi connectivity index (χ1v) is 7.92. The molecule has 3 heteroatoms. The highest BCUT2D eigenvalue weighted by atomic mass is 79.9. The second-order valence-electron chi connectivity index (χ2n) is 5.03. The van der Waals surface area contributed by atoms with Crippen LogP contribution in [0, 0.1) is 0 Å². The zero-order valence-corrected chi connectivity index (χ0v) is 13.6. The van der Waals surface area contributed by atoms with E-state index in [4.69, 9.17) is 11.6 Å². The lowest BCUT2D eigenvalue weighted by Crippen LogP contribution is -2.02. The molecule has 0 aliphatic rings. The first-order valence-electron chi connectivity index (χ1n) is 6.75. The zero-order valence-electron chi connectivity index (χ0n) is 11.3. The number of benzene rings is 3. The molecule has 1 nitrogen and oxygen atoms in total. The van der Waals surface area contributed by atoms with Gasteiger partial charge in [0.15, 0.2) is 0 Å². The second-order valence-corrected chi connectivity index (χ2v) is 6.32. The number of halogens is 2. The molecule has 1 N–H and O–H groups in total. The summed E-state index contributed by atoms with van der Waals surface area (Å²) >= 11 is 9.56. The molecule has 1 unspecified atom stereocenters. The molecular formula is C18H14BrClO. The Morgan fingerprint density at radius 1 is 0.952 bits per heavy atom. The van der Waals surface area contributed by atoms with Crippen LogP contribution in [0.2, 0.25) is 5.02 Å². The number of rotatable bonds is 3. The highest BCUT2D eigenvalue weighted by molar-refractivity contribution is 9.10. The van der Waals surface area contributed by atoms with Gasteiger partial charge in [0.2, 0.25) is 0 Å². The third-order valence-electron chi connectivity index (χ3n) is 3.58. The molecule has 0 saturated carbocycles. The van der Waals surface area contributed by atoms with Crippen molar-refractivity contribution in [3.63, 3.8) is 0 Å². The van der Waals surface area contributed by atoms with E-state index < -0.39 is 6.10 Å². The summed E-state index contributed by atoms with van der Waals surface area (Å²) in [5, 5.41) is 13.5. The van der Waals surface area contributed by atoms with Gasteiger partial charge >= 0.3 is 0 Å². The SMILES string of the molecule is OC(Cc1cccc(Cl)c1)c1ccc(Br)c2ccccc12. The summed E-state index contributed by atoms with van der Waals surface area (Å²) in [7, 11) is 0. The van der Waals surface area contributed by atoms with Gasteiger partial charge in [-0.3, -0.25) is 0 Å². The molecule has 0 saturated heterocycles. The predicted octanol–water partition coefficient (Wildman–Crippen LogP) is 5.53. The van der Waals surface area contributed by atoms with E-state index in [-0.39, 0.29) is 0 Å². The lowest BCUT2D eigenvalue weighted by atomic mass is 9.96. The van der Waals surface area contributed by atoms with E-state index in [2.05, 4.69) is 22.0 Å². The minimum atomic E-state index is -0.554. The Kier molecular flexibility index (Phi) is 4.29. The number of fused-ring (bicyclic) bond motifs is 1. The quantitative estimate of drug-likeness (QED) is 0.650. The average molecular weight is 362 g/mol. The lowest BCUT2D eigenvalue weighted by molar-refractivity contribution is 0.180. The molecule has 0 fully saturated rings. The summed E-state index contributed by atoms with van der Waals surface area (Å²) in [6.45, 7) is 0. The fourth-order valence-corrected chi connectivity index (χ4v) is 3.26. The molecular weight excluding hydrogens is 348 g/mol. The first kappa shape index (κ1) is 14.6. The Hall–Kier alpha value is -1.35. The standard InChI is InChI=1S/C18H14BrClO/c19-17-9-8-16(14-6-1-2-7-15(14)17)18(21)11-12-4-3-5-13(20)10-12/h1-10,18,21H,11H2. The van der Waals surface area contributed by atoms with Gasteiger partial charge in [-0.05, 0) is 40.1 Å². The highest BCUT2D eigenvalue weighted by Crippen LogP contribution is 2.31. The van der Waals surface area contributed by atoms with Crippen LogP contribution in [0.3, 0.4) is 0 Å². The Balaban J connectivity index is 1.98. The summed E-state index contributed by atoms with van der Waals surface area (Å²) in [6, 6.07) is 19.7. The summed E-state index contributed by atoms with van der Waals surface area (Å²) < 4.78 is 1.04. The number of aliphatic hydroxyl groups is 1. The van der Waals surface area contributed by atoms with Gasteiger partial charge in [0.1, 0.15) is 0 Å². The fourth-order valence-electron chi connectivity index (χ4n) is 2.57. The molecule has 0 radical (unpaired) electrons. The zero-order chi connectivity index (χ0) is 14.8. The summed E-state index contributed by atoms with van der Waals surface area (Å²) in [6.07, 6.45) is -0.00639. The van der Waals surface area contributed by atoms with E-state index in [1.165, 1.54) is 0 Å². The molecule has 1 atom stereocenters. The molecule has 0 aliphatic heterocycles. The molecule has 0 spiro atoms. The molecule has 0 amide bonds. The Labute approximate surface area is 137 Å². The summed E-state index contributed by atoms with van der Waals surface area (Å²) in [4.78, 5) is 0. The number of hydrogen-bond donors (Lipinski definition) is 1. The minimum Gasteiger partial charge on any atom is -0.388 e. The molecule has 0 aromatic heterocycles. The molecule has 3 aromatic carbocycles.